The van der Waals surface area contributed by atoms with Crippen LogP contribution >= 0.6 is 0 Å². The van der Waals surface area contributed by atoms with Crippen LogP contribution in [-0.4, -0.2) is 30.4 Å². The largest absolute Gasteiger partial charge is 0.339 e. The van der Waals surface area contributed by atoms with E-state index in [4.69, 9.17) is 5.73 Å². The van der Waals surface area contributed by atoms with Gasteiger partial charge in [-0.1, -0.05) is 18.8 Å². The van der Waals surface area contributed by atoms with E-state index in [0.717, 1.165) is 30.6 Å². The Bertz CT molecular complexity index is 497. The van der Waals surface area contributed by atoms with Crippen LogP contribution in [0.5, 0.6) is 0 Å². The number of carbonyl (C=O) groups excluding carboxylic acids is 1. The van der Waals surface area contributed by atoms with Gasteiger partial charge < -0.3 is 10.6 Å². The third-order valence-corrected chi connectivity index (χ3v) is 2.82. The van der Waals surface area contributed by atoms with E-state index in [1.54, 1.807) is 0 Å². The van der Waals surface area contributed by atoms with Gasteiger partial charge in [-0.15, -0.1) is 0 Å². The predicted octanol–water partition coefficient (Wildman–Crippen LogP) is 2.18. The molecule has 0 spiro atoms. The minimum Gasteiger partial charge on any atom is -0.339 e. The predicted molar refractivity (Wildman–Crippen MR) is 79.0 cm³/mol. The third kappa shape index (κ3) is 4.42. The van der Waals surface area contributed by atoms with E-state index in [1.807, 2.05) is 36.9 Å². The van der Waals surface area contributed by atoms with E-state index < -0.39 is 0 Å². The molecule has 0 heterocycles. The summed E-state index contributed by atoms with van der Waals surface area (Å²) in [5.41, 5.74) is 7.97. The minimum absolute atomic E-state index is 0.0730. The quantitative estimate of drug-likeness (QED) is 0.841. The molecular formula is C16H22N2O. The normalized spacial score (nSPS) is 9.68. The Morgan fingerprint density at radius 3 is 2.63 bits per heavy atom. The summed E-state index contributed by atoms with van der Waals surface area (Å²) in [4.78, 5) is 14.3. The van der Waals surface area contributed by atoms with Crippen LogP contribution in [-0.2, 0) is 0 Å². The number of aryl methyl sites for hydroxylation is 1. The lowest BCUT2D eigenvalue weighted by Crippen LogP contribution is -2.31. The molecule has 0 aliphatic carbocycles. The standard InChI is InChI=1S/C16H22N2O/c1-4-9-18(5-2)16(19)15-11-13(3)10-14(12-15)7-6-8-17/h10-12H,4-5,8-9,17H2,1-3H3. The molecule has 0 saturated heterocycles. The summed E-state index contributed by atoms with van der Waals surface area (Å²) < 4.78 is 0. The molecule has 0 fully saturated rings. The highest BCUT2D eigenvalue weighted by Gasteiger charge is 2.13. The van der Waals surface area contributed by atoms with Gasteiger partial charge >= 0.3 is 0 Å². The van der Waals surface area contributed by atoms with Crippen LogP contribution < -0.4 is 5.73 Å². The van der Waals surface area contributed by atoms with Gasteiger partial charge in [0.1, 0.15) is 0 Å². The van der Waals surface area contributed by atoms with E-state index in [1.165, 1.54) is 0 Å². The highest BCUT2D eigenvalue weighted by Crippen LogP contribution is 2.12. The lowest BCUT2D eigenvalue weighted by molar-refractivity contribution is 0.0764. The van der Waals surface area contributed by atoms with Crippen LogP contribution in [0.4, 0.5) is 0 Å². The van der Waals surface area contributed by atoms with Crippen molar-refractivity contribution in [3.8, 4) is 11.8 Å². The fraction of sp³-hybridized carbons (Fsp3) is 0.438. The maximum atomic E-state index is 12.4. The molecule has 0 atom stereocenters. The van der Waals surface area contributed by atoms with E-state index in [0.29, 0.717) is 12.1 Å². The highest BCUT2D eigenvalue weighted by atomic mass is 16.2. The number of nitrogens with zero attached hydrogens (tertiary/aromatic N) is 1. The molecule has 1 aromatic rings. The van der Waals surface area contributed by atoms with E-state index >= 15 is 0 Å². The summed E-state index contributed by atoms with van der Waals surface area (Å²) >= 11 is 0. The molecule has 0 radical (unpaired) electrons. The molecule has 102 valence electrons. The van der Waals surface area contributed by atoms with Crippen molar-refractivity contribution in [2.24, 2.45) is 5.73 Å². The Morgan fingerprint density at radius 1 is 1.32 bits per heavy atom. The SMILES string of the molecule is CCCN(CC)C(=O)c1cc(C)cc(C#CCN)c1. The maximum absolute atomic E-state index is 12.4. The number of carbonyl (C=O) groups is 1. The summed E-state index contributed by atoms with van der Waals surface area (Å²) in [5, 5.41) is 0. The first-order valence-corrected chi connectivity index (χ1v) is 6.72. The van der Waals surface area contributed by atoms with Gasteiger partial charge in [-0.3, -0.25) is 4.79 Å². The Balaban J connectivity index is 3.05. The summed E-state index contributed by atoms with van der Waals surface area (Å²) in [6.45, 7) is 7.88. The van der Waals surface area contributed by atoms with Crippen LogP contribution in [0, 0.1) is 18.8 Å². The topological polar surface area (TPSA) is 46.3 Å². The number of nitrogens with two attached hydrogens (primary N) is 1. The summed E-state index contributed by atoms with van der Waals surface area (Å²) in [6.07, 6.45) is 0.964. The van der Waals surface area contributed by atoms with Gasteiger partial charge in [-0.25, -0.2) is 0 Å². The molecule has 3 nitrogen and oxygen atoms in total. The molecule has 0 saturated carbocycles. The Kier molecular flexibility index (Phi) is 6.11. The number of hydrogen-bond donors (Lipinski definition) is 1. The second-order valence-electron chi connectivity index (χ2n) is 4.48. The van der Waals surface area contributed by atoms with Gasteiger partial charge in [0.05, 0.1) is 6.54 Å². The van der Waals surface area contributed by atoms with Crippen LogP contribution in [0.25, 0.3) is 0 Å². The first kappa shape index (κ1) is 15.3. The zero-order chi connectivity index (χ0) is 14.3. The fourth-order valence-electron chi connectivity index (χ4n) is 1.99. The van der Waals surface area contributed by atoms with E-state index in [2.05, 4.69) is 18.8 Å². The Labute approximate surface area is 115 Å². The van der Waals surface area contributed by atoms with Crippen molar-refractivity contribution in [1.82, 2.24) is 4.90 Å². The van der Waals surface area contributed by atoms with Crippen molar-refractivity contribution >= 4 is 5.91 Å². The molecule has 0 aliphatic rings. The summed E-state index contributed by atoms with van der Waals surface area (Å²) in [6, 6.07) is 5.72. The second kappa shape index (κ2) is 7.60. The van der Waals surface area contributed by atoms with Gasteiger partial charge in [-0.2, -0.15) is 0 Å². The zero-order valence-corrected chi connectivity index (χ0v) is 12.0. The Morgan fingerprint density at radius 2 is 2.05 bits per heavy atom. The number of hydrogen-bond acceptors (Lipinski definition) is 2. The first-order chi connectivity index (χ1) is 9.12. The monoisotopic (exact) mass is 258 g/mol. The number of rotatable bonds is 4. The second-order valence-corrected chi connectivity index (χ2v) is 4.48. The minimum atomic E-state index is 0.0730. The van der Waals surface area contributed by atoms with Gasteiger partial charge in [0.25, 0.3) is 5.91 Å². The molecule has 19 heavy (non-hydrogen) atoms. The van der Waals surface area contributed by atoms with Gasteiger partial charge in [0, 0.05) is 24.2 Å². The van der Waals surface area contributed by atoms with Crippen molar-refractivity contribution in [2.45, 2.75) is 27.2 Å². The molecule has 0 aromatic heterocycles. The van der Waals surface area contributed by atoms with Crippen LogP contribution in [0.3, 0.4) is 0 Å². The van der Waals surface area contributed by atoms with Crippen LogP contribution in [0.2, 0.25) is 0 Å². The smallest absolute Gasteiger partial charge is 0.253 e. The molecule has 1 rings (SSSR count). The van der Waals surface area contributed by atoms with Crippen molar-refractivity contribution in [2.75, 3.05) is 19.6 Å². The fourth-order valence-corrected chi connectivity index (χ4v) is 1.99. The van der Waals surface area contributed by atoms with Crippen molar-refractivity contribution < 1.29 is 4.79 Å². The number of benzene rings is 1. The van der Waals surface area contributed by atoms with E-state index in [9.17, 15) is 4.79 Å². The van der Waals surface area contributed by atoms with E-state index in [-0.39, 0.29) is 5.91 Å². The molecule has 0 aliphatic heterocycles. The van der Waals surface area contributed by atoms with Gasteiger partial charge in [0.2, 0.25) is 0 Å². The first-order valence-electron chi connectivity index (χ1n) is 6.72. The van der Waals surface area contributed by atoms with Gasteiger partial charge in [-0.05, 0) is 44.0 Å². The number of amides is 1. The summed E-state index contributed by atoms with van der Waals surface area (Å²) in [7, 11) is 0. The van der Waals surface area contributed by atoms with Crippen molar-refractivity contribution in [1.29, 1.82) is 0 Å². The lowest BCUT2D eigenvalue weighted by Gasteiger charge is -2.20. The average molecular weight is 258 g/mol. The molecule has 0 bridgehead atoms. The molecule has 1 aromatic carbocycles. The third-order valence-electron chi connectivity index (χ3n) is 2.82. The summed E-state index contributed by atoms with van der Waals surface area (Å²) in [5.74, 6) is 5.88. The molecule has 2 N–H and O–H groups in total. The van der Waals surface area contributed by atoms with Crippen LogP contribution in [0.1, 0.15) is 41.8 Å². The van der Waals surface area contributed by atoms with Gasteiger partial charge in [0.15, 0.2) is 0 Å². The van der Waals surface area contributed by atoms with Crippen LogP contribution in [0.15, 0.2) is 18.2 Å². The highest BCUT2D eigenvalue weighted by molar-refractivity contribution is 5.94. The van der Waals surface area contributed by atoms with Crippen molar-refractivity contribution in [3.05, 3.63) is 34.9 Å². The van der Waals surface area contributed by atoms with Crippen molar-refractivity contribution in [3.63, 3.8) is 0 Å². The molecule has 3 heteroatoms. The average Bonchev–Trinajstić information content (AvgIpc) is 2.41. The lowest BCUT2D eigenvalue weighted by atomic mass is 10.1. The molecule has 0 unspecified atom stereocenters. The zero-order valence-electron chi connectivity index (χ0n) is 12.0. The molecular weight excluding hydrogens is 236 g/mol. The maximum Gasteiger partial charge on any atom is 0.253 e. The Hall–Kier alpha value is -1.79. The molecule has 1 amide bonds.